The summed E-state index contributed by atoms with van der Waals surface area (Å²) in [4.78, 5) is 36.1. The Hall–Kier alpha value is -2.99. The summed E-state index contributed by atoms with van der Waals surface area (Å²) in [6.45, 7) is 3.16. The van der Waals surface area contributed by atoms with Crippen LogP contribution in [0.5, 0.6) is 0 Å². The van der Waals surface area contributed by atoms with Gasteiger partial charge in [0.15, 0.2) is 0 Å². The highest BCUT2D eigenvalue weighted by Crippen LogP contribution is 2.21. The van der Waals surface area contributed by atoms with Gasteiger partial charge in [-0.05, 0) is 48.9 Å². The van der Waals surface area contributed by atoms with Crippen LogP contribution in [-0.2, 0) is 13.5 Å². The summed E-state index contributed by atoms with van der Waals surface area (Å²) in [7, 11) is 1.81. The number of carbonyl (C=O) groups is 2. The van der Waals surface area contributed by atoms with Gasteiger partial charge < -0.3 is 4.57 Å². The zero-order valence-corrected chi connectivity index (χ0v) is 15.9. The molecule has 0 saturated heterocycles. The zero-order chi connectivity index (χ0) is 19.7. The summed E-state index contributed by atoms with van der Waals surface area (Å²) in [6.07, 6.45) is 0.388. The summed E-state index contributed by atoms with van der Waals surface area (Å²) in [5, 5.41) is 4.67. The van der Waals surface area contributed by atoms with Crippen molar-refractivity contribution in [1.82, 2.24) is 14.3 Å². The van der Waals surface area contributed by atoms with Crippen molar-refractivity contribution in [2.75, 3.05) is 0 Å². The van der Waals surface area contributed by atoms with Crippen molar-refractivity contribution in [3.05, 3.63) is 86.0 Å². The van der Waals surface area contributed by atoms with E-state index in [-0.39, 0.29) is 5.78 Å². The summed E-state index contributed by atoms with van der Waals surface area (Å²) >= 11 is 5.89. The number of hydrogen-bond donors (Lipinski definition) is 0. The lowest BCUT2D eigenvalue weighted by molar-refractivity contribution is 0.0913. The number of rotatable bonds is 4. The number of aryl methyl sites for hydroxylation is 1. The summed E-state index contributed by atoms with van der Waals surface area (Å²) < 4.78 is 2.65. The van der Waals surface area contributed by atoms with E-state index in [4.69, 9.17) is 11.6 Å². The van der Waals surface area contributed by atoms with Gasteiger partial charge in [0.2, 0.25) is 11.7 Å². The summed E-state index contributed by atoms with van der Waals surface area (Å²) in [5.74, 6) is -0.539. The molecule has 0 aliphatic rings. The maximum absolute atomic E-state index is 12.9. The Morgan fingerprint density at radius 3 is 2.41 bits per heavy atom. The third-order valence-electron chi connectivity index (χ3n) is 4.36. The van der Waals surface area contributed by atoms with Crippen LogP contribution < -0.4 is 5.56 Å². The number of aromatic nitrogens is 3. The van der Waals surface area contributed by atoms with Crippen LogP contribution in [0.1, 0.15) is 44.7 Å². The van der Waals surface area contributed by atoms with Gasteiger partial charge >= 0.3 is 0 Å². The summed E-state index contributed by atoms with van der Waals surface area (Å²) in [6, 6.07) is 11.6. The van der Waals surface area contributed by atoms with Gasteiger partial charge in [-0.3, -0.25) is 14.4 Å². The predicted octanol–water partition coefficient (Wildman–Crippen LogP) is 3.03. The van der Waals surface area contributed by atoms with E-state index in [0.29, 0.717) is 28.4 Å². The molecular formula is C20H18ClN3O3. The minimum absolute atomic E-state index is 0.0976. The Bertz CT molecular complexity index is 1090. The van der Waals surface area contributed by atoms with E-state index in [1.54, 1.807) is 30.3 Å². The topological polar surface area (TPSA) is 74.0 Å². The van der Waals surface area contributed by atoms with Gasteiger partial charge in [-0.1, -0.05) is 11.6 Å². The van der Waals surface area contributed by atoms with Crippen LogP contribution in [0.2, 0.25) is 5.02 Å². The fourth-order valence-corrected chi connectivity index (χ4v) is 3.14. The predicted molar refractivity (Wildman–Crippen MR) is 103 cm³/mol. The van der Waals surface area contributed by atoms with E-state index in [1.165, 1.54) is 13.0 Å². The molecule has 3 aromatic rings. The molecule has 27 heavy (non-hydrogen) atoms. The van der Waals surface area contributed by atoms with E-state index >= 15 is 0 Å². The van der Waals surface area contributed by atoms with E-state index in [9.17, 15) is 14.4 Å². The van der Waals surface area contributed by atoms with Crippen molar-refractivity contribution in [2.24, 2.45) is 7.05 Å². The van der Waals surface area contributed by atoms with Crippen molar-refractivity contribution in [3.8, 4) is 0 Å². The normalized spacial score (nSPS) is 10.8. The Labute approximate surface area is 161 Å². The molecule has 0 radical (unpaired) electrons. The largest absolute Gasteiger partial charge is 0.344 e. The molecule has 2 heterocycles. The second-order valence-electron chi connectivity index (χ2n) is 6.33. The Balaban J connectivity index is 1.95. The molecule has 0 aliphatic carbocycles. The molecule has 0 bridgehead atoms. The zero-order valence-electron chi connectivity index (χ0n) is 15.2. The molecule has 3 rings (SSSR count). The van der Waals surface area contributed by atoms with Crippen LogP contribution in [0.15, 0.2) is 47.3 Å². The number of hydrogen-bond acceptors (Lipinski definition) is 4. The average Bonchev–Trinajstić information content (AvgIpc) is 2.90. The molecule has 7 heteroatoms. The lowest BCUT2D eigenvalue weighted by atomic mass is 10.1. The first-order chi connectivity index (χ1) is 12.8. The minimum Gasteiger partial charge on any atom is -0.344 e. The van der Waals surface area contributed by atoms with Crippen LogP contribution >= 0.6 is 11.6 Å². The fourth-order valence-electron chi connectivity index (χ4n) is 3.02. The Morgan fingerprint density at radius 2 is 1.78 bits per heavy atom. The molecule has 0 atom stereocenters. The monoisotopic (exact) mass is 383 g/mol. The van der Waals surface area contributed by atoms with Gasteiger partial charge in [0.25, 0.3) is 5.56 Å². The lowest BCUT2D eigenvalue weighted by Crippen LogP contribution is -2.27. The van der Waals surface area contributed by atoms with Gasteiger partial charge in [0, 0.05) is 42.7 Å². The molecule has 0 saturated carbocycles. The number of ketones is 1. The molecule has 0 spiro atoms. The molecule has 6 nitrogen and oxygen atoms in total. The molecule has 0 aliphatic heterocycles. The van der Waals surface area contributed by atoms with Gasteiger partial charge in [0.05, 0.1) is 11.4 Å². The average molecular weight is 384 g/mol. The molecule has 0 N–H and O–H groups in total. The van der Waals surface area contributed by atoms with Crippen molar-refractivity contribution < 1.29 is 9.59 Å². The SMILES string of the molecule is CC(=O)n1nc(Cc2cc(C)c(C(=O)c3ccc(Cl)cc3)n2C)ccc1=O. The van der Waals surface area contributed by atoms with Crippen molar-refractivity contribution in [3.63, 3.8) is 0 Å². The third kappa shape index (κ3) is 3.75. The molecule has 0 amide bonds. The van der Waals surface area contributed by atoms with E-state index in [1.807, 2.05) is 24.6 Å². The number of benzene rings is 1. The quantitative estimate of drug-likeness (QED) is 0.649. The van der Waals surface area contributed by atoms with Gasteiger partial charge in [-0.2, -0.15) is 9.78 Å². The summed E-state index contributed by atoms with van der Waals surface area (Å²) in [5.41, 5.74) is 2.92. The highest BCUT2D eigenvalue weighted by molar-refractivity contribution is 6.30. The lowest BCUT2D eigenvalue weighted by Gasteiger charge is -2.09. The molecule has 138 valence electrons. The second kappa shape index (κ2) is 7.32. The number of halogens is 1. The first-order valence-electron chi connectivity index (χ1n) is 8.33. The van der Waals surface area contributed by atoms with Crippen molar-refractivity contribution in [2.45, 2.75) is 20.3 Å². The molecule has 2 aromatic heterocycles. The van der Waals surface area contributed by atoms with Crippen LogP contribution in [-0.4, -0.2) is 26.0 Å². The van der Waals surface area contributed by atoms with E-state index < -0.39 is 11.5 Å². The van der Waals surface area contributed by atoms with Crippen LogP contribution in [0, 0.1) is 6.92 Å². The van der Waals surface area contributed by atoms with Crippen molar-refractivity contribution >= 4 is 23.3 Å². The Kier molecular flexibility index (Phi) is 5.10. The first kappa shape index (κ1) is 18.8. The second-order valence-corrected chi connectivity index (χ2v) is 6.77. The van der Waals surface area contributed by atoms with Gasteiger partial charge in [-0.15, -0.1) is 0 Å². The Morgan fingerprint density at radius 1 is 1.11 bits per heavy atom. The van der Waals surface area contributed by atoms with Crippen LogP contribution in [0.4, 0.5) is 0 Å². The fraction of sp³-hybridized carbons (Fsp3) is 0.200. The first-order valence-corrected chi connectivity index (χ1v) is 8.71. The van der Waals surface area contributed by atoms with Crippen molar-refractivity contribution in [1.29, 1.82) is 0 Å². The van der Waals surface area contributed by atoms with Gasteiger partial charge in [-0.25, -0.2) is 0 Å². The van der Waals surface area contributed by atoms with Gasteiger partial charge in [0.1, 0.15) is 0 Å². The highest BCUT2D eigenvalue weighted by Gasteiger charge is 2.19. The minimum atomic E-state index is -0.465. The third-order valence-corrected chi connectivity index (χ3v) is 4.61. The maximum Gasteiger partial charge on any atom is 0.273 e. The molecule has 0 unspecified atom stereocenters. The van der Waals surface area contributed by atoms with E-state index in [0.717, 1.165) is 15.9 Å². The molecular weight excluding hydrogens is 366 g/mol. The highest BCUT2D eigenvalue weighted by atomic mass is 35.5. The van der Waals surface area contributed by atoms with Crippen LogP contribution in [0.25, 0.3) is 0 Å². The van der Waals surface area contributed by atoms with E-state index in [2.05, 4.69) is 5.10 Å². The molecule has 1 aromatic carbocycles. The maximum atomic E-state index is 12.9. The molecule has 0 fully saturated rings. The number of nitrogens with zero attached hydrogens (tertiary/aromatic N) is 3. The van der Waals surface area contributed by atoms with Crippen LogP contribution in [0.3, 0.4) is 0 Å². The smallest absolute Gasteiger partial charge is 0.273 e. The standard InChI is InChI=1S/C20H18ClN3O3/c1-12-10-17(11-16-8-9-18(26)24(22-16)13(2)25)23(3)19(12)20(27)14-4-6-15(21)7-5-14/h4-10H,11H2,1-3H3. The number of carbonyl (C=O) groups excluding carboxylic acids is 2.